The topological polar surface area (TPSA) is 59.3 Å². The molecule has 0 radical (unpaired) electrons. The van der Waals surface area contributed by atoms with Gasteiger partial charge in [-0.3, -0.25) is 4.79 Å². The third-order valence-electron chi connectivity index (χ3n) is 4.19. The molecule has 0 unspecified atom stereocenters. The van der Waals surface area contributed by atoms with Crippen molar-refractivity contribution in [3.8, 4) is 0 Å². The Hall–Kier alpha value is -2.59. The van der Waals surface area contributed by atoms with E-state index in [0.717, 1.165) is 16.5 Å². The standard InChI is InChI=1S/C20H18ClNO3/c1-12-7-8-14-13(2)15(20(24)25-18(14)11-12)9-10-19(23)22-17-6-4-3-5-16(17)21/h3-8,11H,9-10H2,1-2H3,(H,22,23). The Morgan fingerprint density at radius 3 is 2.68 bits per heavy atom. The lowest BCUT2D eigenvalue weighted by Crippen LogP contribution is -2.16. The van der Waals surface area contributed by atoms with E-state index in [9.17, 15) is 9.59 Å². The van der Waals surface area contributed by atoms with Gasteiger partial charge in [-0.05, 0) is 49.6 Å². The molecule has 1 aromatic heterocycles. The van der Waals surface area contributed by atoms with Crippen molar-refractivity contribution >= 4 is 34.2 Å². The second-order valence-electron chi connectivity index (χ2n) is 6.02. The number of halogens is 1. The minimum absolute atomic E-state index is 0.175. The van der Waals surface area contributed by atoms with Crippen LogP contribution in [0.4, 0.5) is 5.69 Å². The highest BCUT2D eigenvalue weighted by Crippen LogP contribution is 2.23. The van der Waals surface area contributed by atoms with E-state index >= 15 is 0 Å². The van der Waals surface area contributed by atoms with Crippen molar-refractivity contribution in [3.05, 3.63) is 74.6 Å². The van der Waals surface area contributed by atoms with Gasteiger partial charge in [0.25, 0.3) is 0 Å². The quantitative estimate of drug-likeness (QED) is 0.694. The van der Waals surface area contributed by atoms with Crippen LogP contribution in [0.2, 0.25) is 5.02 Å². The number of amides is 1. The molecule has 25 heavy (non-hydrogen) atoms. The third kappa shape index (κ3) is 3.74. The Morgan fingerprint density at radius 2 is 1.92 bits per heavy atom. The van der Waals surface area contributed by atoms with Crippen LogP contribution in [-0.2, 0) is 11.2 Å². The lowest BCUT2D eigenvalue weighted by molar-refractivity contribution is -0.116. The zero-order valence-corrected chi connectivity index (χ0v) is 14.8. The van der Waals surface area contributed by atoms with Gasteiger partial charge in [0, 0.05) is 17.4 Å². The van der Waals surface area contributed by atoms with Gasteiger partial charge >= 0.3 is 5.63 Å². The van der Waals surface area contributed by atoms with Gasteiger partial charge in [0.15, 0.2) is 0 Å². The smallest absolute Gasteiger partial charge is 0.339 e. The number of benzene rings is 2. The van der Waals surface area contributed by atoms with Crippen LogP contribution in [0.15, 0.2) is 51.7 Å². The van der Waals surface area contributed by atoms with Gasteiger partial charge in [0.05, 0.1) is 10.7 Å². The molecule has 0 atom stereocenters. The highest BCUT2D eigenvalue weighted by molar-refractivity contribution is 6.33. The minimum Gasteiger partial charge on any atom is -0.423 e. The first-order valence-electron chi connectivity index (χ1n) is 8.03. The molecule has 4 nitrogen and oxygen atoms in total. The number of anilines is 1. The van der Waals surface area contributed by atoms with E-state index in [-0.39, 0.29) is 18.0 Å². The number of para-hydroxylation sites is 1. The van der Waals surface area contributed by atoms with Crippen LogP contribution >= 0.6 is 11.6 Å². The molecule has 2 aromatic carbocycles. The van der Waals surface area contributed by atoms with Gasteiger partial charge < -0.3 is 9.73 Å². The number of aryl methyl sites for hydroxylation is 2. The second-order valence-corrected chi connectivity index (χ2v) is 6.43. The molecule has 0 fully saturated rings. The summed E-state index contributed by atoms with van der Waals surface area (Å²) in [7, 11) is 0. The average molecular weight is 356 g/mol. The summed E-state index contributed by atoms with van der Waals surface area (Å²) in [5.41, 5.74) is 3.17. The molecule has 1 amide bonds. The summed E-state index contributed by atoms with van der Waals surface area (Å²) in [6, 6.07) is 12.8. The fraction of sp³-hybridized carbons (Fsp3) is 0.200. The number of fused-ring (bicyclic) bond motifs is 1. The maximum absolute atomic E-state index is 12.3. The van der Waals surface area contributed by atoms with Crippen LogP contribution in [0.25, 0.3) is 11.0 Å². The van der Waals surface area contributed by atoms with Crippen LogP contribution in [-0.4, -0.2) is 5.91 Å². The number of hydrogen-bond donors (Lipinski definition) is 1. The Balaban J connectivity index is 1.79. The largest absolute Gasteiger partial charge is 0.423 e. The highest BCUT2D eigenvalue weighted by Gasteiger charge is 2.13. The fourth-order valence-electron chi connectivity index (χ4n) is 2.80. The van der Waals surface area contributed by atoms with Crippen LogP contribution < -0.4 is 10.9 Å². The highest BCUT2D eigenvalue weighted by atomic mass is 35.5. The van der Waals surface area contributed by atoms with Gasteiger partial charge in [-0.2, -0.15) is 0 Å². The van der Waals surface area contributed by atoms with Gasteiger partial charge in [-0.25, -0.2) is 4.79 Å². The summed E-state index contributed by atoms with van der Waals surface area (Å²) in [5.74, 6) is -0.198. The Kier molecular flexibility index (Phi) is 4.91. The Bertz CT molecular complexity index is 1010. The summed E-state index contributed by atoms with van der Waals surface area (Å²) >= 11 is 6.03. The number of hydrogen-bond acceptors (Lipinski definition) is 3. The molecule has 3 aromatic rings. The SMILES string of the molecule is Cc1ccc2c(C)c(CCC(=O)Nc3ccccc3Cl)c(=O)oc2c1. The van der Waals surface area contributed by atoms with E-state index in [0.29, 0.717) is 28.3 Å². The van der Waals surface area contributed by atoms with Crippen molar-refractivity contribution < 1.29 is 9.21 Å². The lowest BCUT2D eigenvalue weighted by Gasteiger charge is -2.09. The van der Waals surface area contributed by atoms with Crippen molar-refractivity contribution in [2.24, 2.45) is 0 Å². The van der Waals surface area contributed by atoms with Crippen molar-refractivity contribution in [3.63, 3.8) is 0 Å². The molecule has 1 N–H and O–H groups in total. The minimum atomic E-state index is -0.388. The Morgan fingerprint density at radius 1 is 1.16 bits per heavy atom. The fourth-order valence-corrected chi connectivity index (χ4v) is 2.99. The summed E-state index contributed by atoms with van der Waals surface area (Å²) in [5, 5.41) is 4.13. The van der Waals surface area contributed by atoms with Crippen LogP contribution in [0.1, 0.15) is 23.1 Å². The first-order chi connectivity index (χ1) is 12.0. The van der Waals surface area contributed by atoms with Gasteiger partial charge in [-0.15, -0.1) is 0 Å². The summed E-state index contributed by atoms with van der Waals surface area (Å²) in [6.45, 7) is 3.83. The molecule has 0 aliphatic rings. The molecule has 5 heteroatoms. The summed E-state index contributed by atoms with van der Waals surface area (Å²) in [6.07, 6.45) is 0.489. The number of rotatable bonds is 4. The predicted octanol–water partition coefficient (Wildman–Crippen LogP) is 4.63. The Labute approximate surface area is 150 Å². The average Bonchev–Trinajstić information content (AvgIpc) is 2.56. The maximum Gasteiger partial charge on any atom is 0.339 e. The molecule has 3 rings (SSSR count). The van der Waals surface area contributed by atoms with Crippen molar-refractivity contribution in [2.75, 3.05) is 5.32 Å². The molecule has 0 aliphatic carbocycles. The van der Waals surface area contributed by atoms with Gasteiger partial charge in [0.2, 0.25) is 5.91 Å². The molecular formula is C20H18ClNO3. The maximum atomic E-state index is 12.3. The van der Waals surface area contributed by atoms with E-state index in [1.165, 1.54) is 0 Å². The zero-order chi connectivity index (χ0) is 18.0. The van der Waals surface area contributed by atoms with Crippen LogP contribution in [0.5, 0.6) is 0 Å². The predicted molar refractivity (Wildman–Crippen MR) is 100 cm³/mol. The lowest BCUT2D eigenvalue weighted by atomic mass is 10.0. The molecule has 0 aliphatic heterocycles. The molecule has 0 spiro atoms. The van der Waals surface area contributed by atoms with Crippen LogP contribution in [0.3, 0.4) is 0 Å². The molecular weight excluding hydrogens is 338 g/mol. The first kappa shape index (κ1) is 17.2. The molecule has 0 saturated heterocycles. The summed E-state index contributed by atoms with van der Waals surface area (Å²) < 4.78 is 5.42. The van der Waals surface area contributed by atoms with Crippen molar-refractivity contribution in [1.82, 2.24) is 0 Å². The normalized spacial score (nSPS) is 10.8. The monoisotopic (exact) mass is 355 g/mol. The van der Waals surface area contributed by atoms with Crippen molar-refractivity contribution in [2.45, 2.75) is 26.7 Å². The molecule has 128 valence electrons. The van der Waals surface area contributed by atoms with E-state index in [2.05, 4.69) is 5.32 Å². The third-order valence-corrected chi connectivity index (χ3v) is 4.52. The zero-order valence-electron chi connectivity index (χ0n) is 14.1. The molecule has 1 heterocycles. The van der Waals surface area contributed by atoms with E-state index in [4.69, 9.17) is 16.0 Å². The van der Waals surface area contributed by atoms with E-state index in [1.54, 1.807) is 24.3 Å². The van der Waals surface area contributed by atoms with E-state index in [1.807, 2.05) is 32.0 Å². The van der Waals surface area contributed by atoms with Gasteiger partial charge in [-0.1, -0.05) is 35.9 Å². The number of nitrogens with one attached hydrogen (secondary N) is 1. The molecule has 0 bridgehead atoms. The molecule has 0 saturated carbocycles. The number of carbonyl (C=O) groups excluding carboxylic acids is 1. The second kappa shape index (κ2) is 7.11. The first-order valence-corrected chi connectivity index (χ1v) is 8.41. The number of carbonyl (C=O) groups is 1. The van der Waals surface area contributed by atoms with Gasteiger partial charge in [0.1, 0.15) is 5.58 Å². The van der Waals surface area contributed by atoms with Crippen molar-refractivity contribution in [1.29, 1.82) is 0 Å². The van der Waals surface area contributed by atoms with E-state index < -0.39 is 0 Å². The summed E-state index contributed by atoms with van der Waals surface area (Å²) in [4.78, 5) is 24.4. The van der Waals surface area contributed by atoms with Crippen LogP contribution in [0, 0.1) is 13.8 Å².